The van der Waals surface area contributed by atoms with E-state index in [1.807, 2.05) is 25.6 Å². The molecular formula is C22H44O4S. The summed E-state index contributed by atoms with van der Waals surface area (Å²) in [5, 5.41) is 18.4. The zero-order valence-electron chi connectivity index (χ0n) is 18.0. The molecule has 0 bridgehead atoms. The van der Waals surface area contributed by atoms with Crippen molar-refractivity contribution in [3.05, 3.63) is 0 Å². The second kappa shape index (κ2) is 17.8. The van der Waals surface area contributed by atoms with Crippen LogP contribution < -0.4 is 0 Å². The number of hydrogen-bond donors (Lipinski definition) is 2. The Hall–Kier alpha value is -0.260. The largest absolute Gasteiger partial charge is 0.465 e. The van der Waals surface area contributed by atoms with Crippen LogP contribution in [0, 0.1) is 11.3 Å². The number of carbonyl (C=O) groups is 1. The van der Waals surface area contributed by atoms with Crippen LogP contribution in [0.2, 0.25) is 0 Å². The van der Waals surface area contributed by atoms with Gasteiger partial charge in [0, 0.05) is 17.8 Å². The molecule has 5 heteroatoms. The lowest BCUT2D eigenvalue weighted by molar-refractivity contribution is -0.151. The van der Waals surface area contributed by atoms with Gasteiger partial charge < -0.3 is 14.9 Å². The van der Waals surface area contributed by atoms with Crippen molar-refractivity contribution in [3.8, 4) is 0 Å². The Balaban J connectivity index is 3.57. The molecule has 0 saturated carbocycles. The molecule has 2 atom stereocenters. The first-order chi connectivity index (χ1) is 13.0. The van der Waals surface area contributed by atoms with Gasteiger partial charge in [-0.1, -0.05) is 78.6 Å². The fraction of sp³-hybridized carbons (Fsp3) is 0.955. The summed E-state index contributed by atoms with van der Waals surface area (Å²) >= 11 is 1.83. The van der Waals surface area contributed by atoms with E-state index in [4.69, 9.17) is 9.84 Å². The lowest BCUT2D eigenvalue weighted by Crippen LogP contribution is -2.31. The third-order valence-electron chi connectivity index (χ3n) is 5.07. The number of rotatable bonds is 19. The summed E-state index contributed by atoms with van der Waals surface area (Å²) in [5.74, 6) is 1.55. The standard InChI is InChI=1S/C22H44O4S/c1-4-5-6-7-8-9-10-11-12-13-16-27-17-20(2)21(25)26-19-22(3,18-24)14-15-23/h20,23-24H,4-19H2,1-3H3. The maximum Gasteiger partial charge on any atom is 0.309 e. The molecule has 0 aromatic rings. The molecule has 0 aromatic carbocycles. The van der Waals surface area contributed by atoms with Crippen molar-refractivity contribution in [2.75, 3.05) is 31.3 Å². The average molecular weight is 405 g/mol. The van der Waals surface area contributed by atoms with Crippen LogP contribution in [0.4, 0.5) is 0 Å². The van der Waals surface area contributed by atoms with Gasteiger partial charge in [0.05, 0.1) is 19.1 Å². The molecule has 4 nitrogen and oxygen atoms in total. The maximum atomic E-state index is 12.1. The van der Waals surface area contributed by atoms with E-state index < -0.39 is 5.41 Å². The Morgan fingerprint density at radius 1 is 1.00 bits per heavy atom. The second-order valence-electron chi connectivity index (χ2n) is 8.21. The number of aliphatic hydroxyl groups excluding tert-OH is 2. The molecule has 2 unspecified atom stereocenters. The molecule has 0 saturated heterocycles. The van der Waals surface area contributed by atoms with Crippen molar-refractivity contribution in [1.29, 1.82) is 0 Å². The zero-order chi connectivity index (χ0) is 20.4. The lowest BCUT2D eigenvalue weighted by Gasteiger charge is -2.26. The quantitative estimate of drug-likeness (QED) is 0.229. The minimum Gasteiger partial charge on any atom is -0.465 e. The topological polar surface area (TPSA) is 66.8 Å². The first-order valence-corrected chi connectivity index (χ1v) is 12.1. The molecule has 0 aliphatic heterocycles. The lowest BCUT2D eigenvalue weighted by atomic mass is 9.89. The van der Waals surface area contributed by atoms with Crippen LogP contribution in [-0.2, 0) is 9.53 Å². The predicted octanol–water partition coefficient (Wildman–Crippen LogP) is 5.20. The van der Waals surface area contributed by atoms with Gasteiger partial charge in [0.15, 0.2) is 0 Å². The first kappa shape index (κ1) is 26.7. The van der Waals surface area contributed by atoms with Gasteiger partial charge in [-0.25, -0.2) is 0 Å². The van der Waals surface area contributed by atoms with Crippen LogP contribution >= 0.6 is 11.8 Å². The Morgan fingerprint density at radius 2 is 1.56 bits per heavy atom. The number of unbranched alkanes of at least 4 members (excludes halogenated alkanes) is 9. The molecule has 0 radical (unpaired) electrons. The fourth-order valence-electron chi connectivity index (χ4n) is 2.87. The molecule has 27 heavy (non-hydrogen) atoms. The minimum absolute atomic E-state index is 0.0150. The predicted molar refractivity (Wildman–Crippen MR) is 116 cm³/mol. The van der Waals surface area contributed by atoms with Crippen LogP contribution in [0.1, 0.15) is 91.4 Å². The van der Waals surface area contributed by atoms with Crippen molar-refractivity contribution in [3.63, 3.8) is 0 Å². The summed E-state index contributed by atoms with van der Waals surface area (Å²) in [6.45, 7) is 6.03. The molecule has 0 amide bonds. The van der Waals surface area contributed by atoms with E-state index in [2.05, 4.69) is 6.92 Å². The molecule has 0 heterocycles. The van der Waals surface area contributed by atoms with Gasteiger partial charge in [-0.15, -0.1) is 0 Å². The van der Waals surface area contributed by atoms with Gasteiger partial charge >= 0.3 is 5.97 Å². The molecule has 0 fully saturated rings. The van der Waals surface area contributed by atoms with Crippen molar-refractivity contribution < 1.29 is 19.7 Å². The smallest absolute Gasteiger partial charge is 0.309 e. The number of ether oxygens (including phenoxy) is 1. The third-order valence-corrected chi connectivity index (χ3v) is 6.39. The second-order valence-corrected chi connectivity index (χ2v) is 9.36. The van der Waals surface area contributed by atoms with E-state index in [0.29, 0.717) is 6.42 Å². The van der Waals surface area contributed by atoms with E-state index in [1.54, 1.807) is 0 Å². The van der Waals surface area contributed by atoms with Crippen LogP contribution in [-0.4, -0.2) is 47.5 Å². The van der Waals surface area contributed by atoms with Gasteiger partial charge in [-0.3, -0.25) is 4.79 Å². The van der Waals surface area contributed by atoms with Crippen molar-refractivity contribution in [2.24, 2.45) is 11.3 Å². The molecule has 0 rings (SSSR count). The van der Waals surface area contributed by atoms with E-state index in [0.717, 1.165) is 11.5 Å². The minimum atomic E-state index is -0.548. The highest BCUT2D eigenvalue weighted by atomic mass is 32.2. The van der Waals surface area contributed by atoms with Crippen LogP contribution in [0.3, 0.4) is 0 Å². The Bertz CT molecular complexity index is 351. The Kier molecular flexibility index (Phi) is 17.6. The van der Waals surface area contributed by atoms with Crippen LogP contribution in [0.5, 0.6) is 0 Å². The summed E-state index contributed by atoms with van der Waals surface area (Å²) in [7, 11) is 0. The molecule has 0 aliphatic carbocycles. The molecular weight excluding hydrogens is 360 g/mol. The molecule has 2 N–H and O–H groups in total. The van der Waals surface area contributed by atoms with Gasteiger partial charge in [0.25, 0.3) is 0 Å². The summed E-state index contributed by atoms with van der Waals surface area (Å²) in [6, 6.07) is 0. The van der Waals surface area contributed by atoms with E-state index in [-0.39, 0.29) is 31.7 Å². The zero-order valence-corrected chi connectivity index (χ0v) is 18.8. The monoisotopic (exact) mass is 404 g/mol. The fourth-order valence-corrected chi connectivity index (χ4v) is 3.94. The van der Waals surface area contributed by atoms with E-state index in [9.17, 15) is 9.90 Å². The maximum absolute atomic E-state index is 12.1. The van der Waals surface area contributed by atoms with E-state index in [1.165, 1.54) is 64.2 Å². The molecule has 0 aliphatic rings. The Morgan fingerprint density at radius 3 is 2.07 bits per heavy atom. The van der Waals surface area contributed by atoms with Crippen LogP contribution in [0.25, 0.3) is 0 Å². The van der Waals surface area contributed by atoms with Gasteiger partial charge in [0.2, 0.25) is 0 Å². The average Bonchev–Trinajstić information content (AvgIpc) is 2.67. The normalized spacial score (nSPS) is 14.7. The number of aliphatic hydroxyl groups is 2. The highest BCUT2D eigenvalue weighted by molar-refractivity contribution is 7.99. The highest BCUT2D eigenvalue weighted by Crippen LogP contribution is 2.22. The number of esters is 1. The SMILES string of the molecule is CCCCCCCCCCCCSCC(C)C(=O)OCC(C)(CO)CCO. The summed E-state index contributed by atoms with van der Waals surface area (Å²) in [5.41, 5.74) is -0.548. The van der Waals surface area contributed by atoms with Gasteiger partial charge in [-0.2, -0.15) is 11.8 Å². The summed E-state index contributed by atoms with van der Waals surface area (Å²) < 4.78 is 5.35. The van der Waals surface area contributed by atoms with Gasteiger partial charge in [0.1, 0.15) is 0 Å². The van der Waals surface area contributed by atoms with Gasteiger partial charge in [-0.05, 0) is 18.6 Å². The molecule has 162 valence electrons. The number of thioether (sulfide) groups is 1. The number of carbonyl (C=O) groups excluding carboxylic acids is 1. The number of hydrogen-bond acceptors (Lipinski definition) is 5. The van der Waals surface area contributed by atoms with Crippen LogP contribution in [0.15, 0.2) is 0 Å². The van der Waals surface area contributed by atoms with Crippen molar-refractivity contribution >= 4 is 17.7 Å². The van der Waals surface area contributed by atoms with E-state index >= 15 is 0 Å². The van der Waals surface area contributed by atoms with Crippen molar-refractivity contribution in [1.82, 2.24) is 0 Å². The third kappa shape index (κ3) is 15.4. The summed E-state index contributed by atoms with van der Waals surface area (Å²) in [6.07, 6.45) is 13.9. The highest BCUT2D eigenvalue weighted by Gasteiger charge is 2.26. The Labute approximate surface area is 171 Å². The first-order valence-electron chi connectivity index (χ1n) is 10.9. The molecule has 0 spiro atoms. The molecule has 0 aromatic heterocycles. The van der Waals surface area contributed by atoms with Crippen molar-refractivity contribution in [2.45, 2.75) is 91.4 Å². The summed E-state index contributed by atoms with van der Waals surface area (Å²) in [4.78, 5) is 12.1.